The molecule has 6 nitrogen and oxygen atoms in total. The molecule has 0 fully saturated rings. The van der Waals surface area contributed by atoms with Gasteiger partial charge >= 0.3 is 0 Å². The molecule has 0 amide bonds. The molecule has 1 aromatic heterocycles. The molecular formula is C6H8N2O4. The molecule has 0 atom stereocenters. The molecule has 2 N–H and O–H groups in total. The van der Waals surface area contributed by atoms with Crippen molar-refractivity contribution in [3.63, 3.8) is 0 Å². The number of pyridine rings is 1. The summed E-state index contributed by atoms with van der Waals surface area (Å²) in [5.41, 5.74) is 0.957. The third kappa shape index (κ3) is 6.27. The molecular weight excluding hydrogens is 164 g/mol. The minimum absolute atomic E-state index is 0.0567. The number of hydrogen-bond acceptors (Lipinski definition) is 3. The molecule has 6 heteroatoms. The molecule has 0 aromatic carbocycles. The summed E-state index contributed by atoms with van der Waals surface area (Å²) in [6.07, 6.45) is 1.64. The summed E-state index contributed by atoms with van der Waals surface area (Å²) in [5.74, 6) is 0. The second-order valence-corrected chi connectivity index (χ2v) is 1.95. The smallest absolute Gasteiger partial charge is 0.291 e. The van der Waals surface area contributed by atoms with Crippen molar-refractivity contribution in [3.05, 3.63) is 44.4 Å². The Hall–Kier alpha value is -1.85. The molecule has 0 saturated heterocycles. The molecule has 0 saturated carbocycles. The maximum atomic E-state index is 10.5. The van der Waals surface area contributed by atoms with Crippen molar-refractivity contribution in [1.29, 1.82) is 0 Å². The van der Waals surface area contributed by atoms with E-state index >= 15 is 0 Å². The molecule has 0 aliphatic carbocycles. The molecule has 1 heterocycles. The van der Waals surface area contributed by atoms with E-state index < -0.39 is 5.09 Å². The Morgan fingerprint density at radius 3 is 2.42 bits per heavy atom. The Morgan fingerprint density at radius 1 is 1.67 bits per heavy atom. The molecule has 0 aliphatic rings. The number of nitrogens with zero attached hydrogens (tertiary/aromatic N) is 1. The van der Waals surface area contributed by atoms with Gasteiger partial charge in [0.1, 0.15) is 0 Å². The molecule has 0 aliphatic heterocycles. The lowest BCUT2D eigenvalue weighted by atomic mass is 10.4. The van der Waals surface area contributed by atoms with Gasteiger partial charge in [-0.2, -0.15) is 0 Å². The van der Waals surface area contributed by atoms with Crippen molar-refractivity contribution in [2.24, 2.45) is 0 Å². The van der Waals surface area contributed by atoms with Crippen LogP contribution in [0.5, 0.6) is 0 Å². The van der Waals surface area contributed by atoms with E-state index in [9.17, 15) is 4.79 Å². The maximum Gasteiger partial charge on any atom is 0.291 e. The van der Waals surface area contributed by atoms with Gasteiger partial charge in [-0.25, -0.2) is 0 Å². The highest BCUT2D eigenvalue weighted by atomic mass is 16.9. The summed E-state index contributed by atoms with van der Waals surface area (Å²) < 4.78 is 0. The third-order valence-electron chi connectivity index (χ3n) is 0.917. The van der Waals surface area contributed by atoms with Gasteiger partial charge in [0, 0.05) is 24.0 Å². The lowest BCUT2D eigenvalue weighted by Crippen LogP contribution is -1.96. The molecule has 1 aromatic rings. The Bertz CT molecular complexity index is 302. The average molecular weight is 172 g/mol. The normalized spacial score (nSPS) is 8.08. The minimum Gasteiger partial charge on any atom is -0.365 e. The average Bonchev–Trinajstić information content (AvgIpc) is 1.84. The zero-order valence-electron chi connectivity index (χ0n) is 6.35. The van der Waals surface area contributed by atoms with Crippen LogP contribution in [-0.2, 0) is 0 Å². The van der Waals surface area contributed by atoms with E-state index in [4.69, 9.17) is 15.3 Å². The fraction of sp³-hybridized carbons (Fsp3) is 0.167. The number of H-pyrrole nitrogens is 1. The van der Waals surface area contributed by atoms with Crippen LogP contribution in [0.15, 0.2) is 23.1 Å². The van der Waals surface area contributed by atoms with Gasteiger partial charge in [0.25, 0.3) is 5.09 Å². The van der Waals surface area contributed by atoms with Crippen LogP contribution in [-0.4, -0.2) is 15.3 Å². The van der Waals surface area contributed by atoms with Gasteiger partial charge in [-0.05, 0) is 6.92 Å². The SMILES string of the molecule is Cc1cc(=O)cc[nH]1.O=[N+]([O-])O. The quantitative estimate of drug-likeness (QED) is 0.435. The van der Waals surface area contributed by atoms with E-state index in [0.717, 1.165) is 5.69 Å². The molecule has 1 rings (SSSR count). The van der Waals surface area contributed by atoms with Crippen molar-refractivity contribution in [1.82, 2.24) is 4.98 Å². The van der Waals surface area contributed by atoms with Gasteiger partial charge < -0.3 is 10.2 Å². The number of rotatable bonds is 0. The van der Waals surface area contributed by atoms with Crippen molar-refractivity contribution in [2.45, 2.75) is 6.92 Å². The van der Waals surface area contributed by atoms with Gasteiger partial charge in [0.05, 0.1) is 0 Å². The molecule has 66 valence electrons. The van der Waals surface area contributed by atoms with Gasteiger partial charge in [0.2, 0.25) is 0 Å². The number of aryl methyl sites for hydroxylation is 1. The first-order chi connectivity index (χ1) is 5.52. The fourth-order valence-electron chi connectivity index (χ4n) is 0.558. The van der Waals surface area contributed by atoms with Crippen molar-refractivity contribution in [3.8, 4) is 0 Å². The fourth-order valence-corrected chi connectivity index (χ4v) is 0.558. The summed E-state index contributed by atoms with van der Waals surface area (Å²) in [6, 6.07) is 3.05. The monoisotopic (exact) mass is 172 g/mol. The highest BCUT2D eigenvalue weighted by Crippen LogP contribution is 1.79. The Morgan fingerprint density at radius 2 is 2.17 bits per heavy atom. The number of nitrogens with one attached hydrogen (secondary N) is 1. The molecule has 0 spiro atoms. The lowest BCUT2D eigenvalue weighted by molar-refractivity contribution is -0.742. The second-order valence-electron chi connectivity index (χ2n) is 1.95. The summed E-state index contributed by atoms with van der Waals surface area (Å²) in [5, 5.41) is 13.6. The molecule has 0 unspecified atom stereocenters. The summed E-state index contributed by atoms with van der Waals surface area (Å²) in [4.78, 5) is 21.7. The zero-order valence-corrected chi connectivity index (χ0v) is 6.35. The maximum absolute atomic E-state index is 10.5. The van der Waals surface area contributed by atoms with E-state index in [0.29, 0.717) is 0 Å². The van der Waals surface area contributed by atoms with Gasteiger partial charge in [-0.15, -0.1) is 10.1 Å². The van der Waals surface area contributed by atoms with Crippen LogP contribution in [0.3, 0.4) is 0 Å². The predicted octanol–water partition coefficient (Wildman–Crippen LogP) is 0.336. The first-order valence-electron chi connectivity index (χ1n) is 3.01. The molecule has 12 heavy (non-hydrogen) atoms. The van der Waals surface area contributed by atoms with E-state index in [-0.39, 0.29) is 5.43 Å². The summed E-state index contributed by atoms with van der Waals surface area (Å²) >= 11 is 0. The van der Waals surface area contributed by atoms with Crippen LogP contribution in [0.4, 0.5) is 0 Å². The van der Waals surface area contributed by atoms with Crippen molar-refractivity contribution >= 4 is 0 Å². The zero-order chi connectivity index (χ0) is 9.56. The van der Waals surface area contributed by atoms with Crippen LogP contribution >= 0.6 is 0 Å². The van der Waals surface area contributed by atoms with Crippen LogP contribution in [0.25, 0.3) is 0 Å². The number of aromatic amines is 1. The number of aromatic nitrogens is 1. The van der Waals surface area contributed by atoms with Gasteiger partial charge in [-0.3, -0.25) is 4.79 Å². The number of hydrogen-bond donors (Lipinski definition) is 2. The minimum atomic E-state index is -1.50. The van der Waals surface area contributed by atoms with E-state index in [1.165, 1.54) is 6.07 Å². The van der Waals surface area contributed by atoms with Crippen molar-refractivity contribution < 1.29 is 10.3 Å². The largest absolute Gasteiger partial charge is 0.365 e. The first-order valence-corrected chi connectivity index (χ1v) is 3.01. The van der Waals surface area contributed by atoms with Crippen LogP contribution < -0.4 is 5.43 Å². The second kappa shape index (κ2) is 4.89. The lowest BCUT2D eigenvalue weighted by Gasteiger charge is -1.85. The highest BCUT2D eigenvalue weighted by Gasteiger charge is 1.80. The Balaban J connectivity index is 0.000000261. The third-order valence-corrected chi connectivity index (χ3v) is 0.917. The van der Waals surface area contributed by atoms with Crippen molar-refractivity contribution in [2.75, 3.05) is 0 Å². The highest BCUT2D eigenvalue weighted by molar-refractivity contribution is 5.00. The van der Waals surface area contributed by atoms with Crippen LogP contribution in [0.2, 0.25) is 0 Å². The molecule has 0 radical (unpaired) electrons. The summed E-state index contributed by atoms with van der Waals surface area (Å²) in [7, 11) is 0. The van der Waals surface area contributed by atoms with E-state index in [2.05, 4.69) is 4.98 Å². The first kappa shape index (κ1) is 10.2. The van der Waals surface area contributed by atoms with E-state index in [1.807, 2.05) is 6.92 Å². The summed E-state index contributed by atoms with van der Waals surface area (Å²) in [6.45, 7) is 1.85. The topological polar surface area (TPSA) is 96.2 Å². The van der Waals surface area contributed by atoms with Gasteiger partial charge in [-0.1, -0.05) is 0 Å². The Kier molecular flexibility index (Phi) is 4.13. The van der Waals surface area contributed by atoms with Crippen LogP contribution in [0.1, 0.15) is 5.69 Å². The molecule has 0 bridgehead atoms. The standard InChI is InChI=1S/C6H7NO.HNO3/c1-5-4-6(8)2-3-7-5;2-1(3)4/h2-4H,1H3,(H,7,8);(H,2,3,4). The van der Waals surface area contributed by atoms with E-state index in [1.54, 1.807) is 12.3 Å². The predicted molar refractivity (Wildman–Crippen MR) is 40.6 cm³/mol. The Labute approximate surface area is 67.6 Å². The van der Waals surface area contributed by atoms with Crippen LogP contribution in [0, 0.1) is 17.0 Å². The van der Waals surface area contributed by atoms with Gasteiger partial charge in [0.15, 0.2) is 5.43 Å².